The summed E-state index contributed by atoms with van der Waals surface area (Å²) in [5, 5.41) is 0.509. The number of rotatable bonds is 2. The van der Waals surface area contributed by atoms with Crippen LogP contribution in [-0.4, -0.2) is 4.98 Å². The van der Waals surface area contributed by atoms with Crippen LogP contribution in [0, 0.1) is 19.7 Å². The minimum absolute atomic E-state index is 0.301. The van der Waals surface area contributed by atoms with Crippen LogP contribution >= 0.6 is 11.8 Å². The topological polar surface area (TPSA) is 52.0 Å². The number of anilines is 1. The molecule has 0 fully saturated rings. The molecule has 0 aliphatic heterocycles. The monoisotopic (exact) mass is 238 g/mol. The molecular weight excluding hydrogens is 227 g/mol. The van der Waals surface area contributed by atoms with Gasteiger partial charge in [0.2, 0.25) is 0 Å². The average Bonchev–Trinajstić information content (AvgIpc) is 2.60. The molecule has 0 atom stereocenters. The number of benzene rings is 1. The molecule has 84 valence electrons. The Hall–Kier alpha value is -1.49. The van der Waals surface area contributed by atoms with Gasteiger partial charge in [-0.1, -0.05) is 0 Å². The first-order valence-corrected chi connectivity index (χ1v) is 5.53. The van der Waals surface area contributed by atoms with Crippen LogP contribution < -0.4 is 5.73 Å². The van der Waals surface area contributed by atoms with E-state index < -0.39 is 0 Å². The van der Waals surface area contributed by atoms with Crippen molar-refractivity contribution < 1.29 is 8.81 Å². The van der Waals surface area contributed by atoms with E-state index in [1.165, 1.54) is 17.8 Å². The van der Waals surface area contributed by atoms with E-state index in [1.54, 1.807) is 19.3 Å². The Morgan fingerprint density at radius 2 is 2.12 bits per heavy atom. The van der Waals surface area contributed by atoms with Gasteiger partial charge < -0.3 is 10.2 Å². The van der Waals surface area contributed by atoms with Gasteiger partial charge in [0.1, 0.15) is 12.1 Å². The Kier molecular flexibility index (Phi) is 2.87. The second-order valence-electron chi connectivity index (χ2n) is 3.50. The number of aromatic nitrogens is 1. The number of nitrogens with zero attached hydrogens (tertiary/aromatic N) is 1. The summed E-state index contributed by atoms with van der Waals surface area (Å²) >= 11 is 1.29. The lowest BCUT2D eigenvalue weighted by molar-refractivity contribution is 0.454. The maximum Gasteiger partial charge on any atom is 0.260 e. The fourth-order valence-electron chi connectivity index (χ4n) is 1.23. The van der Waals surface area contributed by atoms with Crippen LogP contribution in [0.2, 0.25) is 0 Å². The maximum atomic E-state index is 13.2. The van der Waals surface area contributed by atoms with Gasteiger partial charge >= 0.3 is 0 Å². The highest BCUT2D eigenvalue weighted by atomic mass is 32.2. The maximum absolute atomic E-state index is 13.2. The standard InChI is InChI=1S/C11H11FN2OS/c1-6-3-10(9(13)4-8(6)12)16-11-14-7(2)5-15-11/h3-5H,13H2,1-2H3. The summed E-state index contributed by atoms with van der Waals surface area (Å²) in [7, 11) is 0. The van der Waals surface area contributed by atoms with E-state index in [2.05, 4.69) is 4.98 Å². The fraction of sp³-hybridized carbons (Fsp3) is 0.182. The van der Waals surface area contributed by atoms with Gasteiger partial charge in [0.15, 0.2) is 0 Å². The Morgan fingerprint density at radius 1 is 1.38 bits per heavy atom. The lowest BCUT2D eigenvalue weighted by atomic mass is 10.2. The van der Waals surface area contributed by atoms with Crippen LogP contribution in [0.25, 0.3) is 0 Å². The third-order valence-corrected chi connectivity index (χ3v) is 3.02. The lowest BCUT2D eigenvalue weighted by Gasteiger charge is -2.04. The highest BCUT2D eigenvalue weighted by Gasteiger charge is 2.09. The van der Waals surface area contributed by atoms with Crippen LogP contribution in [0.1, 0.15) is 11.3 Å². The first-order valence-electron chi connectivity index (χ1n) is 4.72. The Labute approximate surface area is 96.9 Å². The molecule has 1 aromatic carbocycles. The number of halogens is 1. The first kappa shape index (κ1) is 11.0. The van der Waals surface area contributed by atoms with Crippen molar-refractivity contribution in [1.82, 2.24) is 4.98 Å². The molecule has 5 heteroatoms. The number of oxazole rings is 1. The van der Waals surface area contributed by atoms with E-state index in [0.717, 1.165) is 10.6 Å². The summed E-state index contributed by atoms with van der Waals surface area (Å²) in [6, 6.07) is 3.00. The second kappa shape index (κ2) is 4.17. The summed E-state index contributed by atoms with van der Waals surface area (Å²) < 4.78 is 18.4. The molecule has 0 aliphatic carbocycles. The fourth-order valence-corrected chi connectivity index (χ4v) is 2.12. The van der Waals surface area contributed by atoms with Crippen molar-refractivity contribution in [3.63, 3.8) is 0 Å². The molecule has 0 saturated carbocycles. The zero-order valence-corrected chi connectivity index (χ0v) is 9.77. The number of aryl methyl sites for hydroxylation is 2. The van der Waals surface area contributed by atoms with Gasteiger partial charge in [0, 0.05) is 10.6 Å². The van der Waals surface area contributed by atoms with Crippen molar-refractivity contribution >= 4 is 17.4 Å². The number of hydrogen-bond acceptors (Lipinski definition) is 4. The largest absolute Gasteiger partial charge is 0.439 e. The van der Waals surface area contributed by atoms with E-state index in [-0.39, 0.29) is 5.82 Å². The van der Waals surface area contributed by atoms with Crippen LogP contribution in [-0.2, 0) is 0 Å². The van der Waals surface area contributed by atoms with Gasteiger partial charge in [-0.2, -0.15) is 0 Å². The molecule has 2 N–H and O–H groups in total. The predicted molar refractivity (Wildman–Crippen MR) is 60.9 cm³/mol. The van der Waals surface area contributed by atoms with Gasteiger partial charge in [-0.05, 0) is 43.3 Å². The van der Waals surface area contributed by atoms with Crippen LogP contribution in [0.15, 0.2) is 32.9 Å². The second-order valence-corrected chi connectivity index (χ2v) is 4.49. The summed E-state index contributed by atoms with van der Waals surface area (Å²) in [4.78, 5) is 4.90. The summed E-state index contributed by atoms with van der Waals surface area (Å²) in [5.41, 5.74) is 7.47. The molecule has 0 aliphatic rings. The summed E-state index contributed by atoms with van der Waals surface area (Å²) in [6.45, 7) is 3.53. The number of hydrogen-bond donors (Lipinski definition) is 1. The van der Waals surface area contributed by atoms with Crippen LogP contribution in [0.3, 0.4) is 0 Å². The molecule has 2 rings (SSSR count). The predicted octanol–water partition coefficient (Wildman–Crippen LogP) is 3.16. The molecule has 0 radical (unpaired) electrons. The van der Waals surface area contributed by atoms with Gasteiger partial charge in [-0.25, -0.2) is 9.37 Å². The van der Waals surface area contributed by atoms with Crippen LogP contribution in [0.4, 0.5) is 10.1 Å². The zero-order chi connectivity index (χ0) is 11.7. The minimum Gasteiger partial charge on any atom is -0.439 e. The average molecular weight is 238 g/mol. The smallest absolute Gasteiger partial charge is 0.260 e. The van der Waals surface area contributed by atoms with E-state index >= 15 is 0 Å². The highest BCUT2D eigenvalue weighted by molar-refractivity contribution is 7.99. The molecule has 2 aromatic rings. The molecule has 0 bridgehead atoms. The zero-order valence-electron chi connectivity index (χ0n) is 8.95. The lowest BCUT2D eigenvalue weighted by Crippen LogP contribution is -1.92. The number of nitrogens with two attached hydrogens (primary N) is 1. The third-order valence-electron chi connectivity index (χ3n) is 2.09. The molecule has 0 amide bonds. The molecule has 0 unspecified atom stereocenters. The third kappa shape index (κ3) is 2.19. The van der Waals surface area contributed by atoms with E-state index in [0.29, 0.717) is 16.5 Å². The van der Waals surface area contributed by atoms with E-state index in [9.17, 15) is 4.39 Å². The SMILES string of the molecule is Cc1coc(Sc2cc(C)c(F)cc2N)n1. The minimum atomic E-state index is -0.301. The first-order chi connectivity index (χ1) is 7.56. The highest BCUT2D eigenvalue weighted by Crippen LogP contribution is 2.32. The van der Waals surface area contributed by atoms with Gasteiger partial charge in [0.05, 0.1) is 5.69 Å². The molecular formula is C11H11FN2OS. The molecule has 1 aromatic heterocycles. The Bertz CT molecular complexity index is 525. The van der Waals surface area contributed by atoms with Gasteiger partial charge in [-0.3, -0.25) is 0 Å². The molecule has 16 heavy (non-hydrogen) atoms. The van der Waals surface area contributed by atoms with Crippen molar-refractivity contribution in [3.8, 4) is 0 Å². The summed E-state index contributed by atoms with van der Waals surface area (Å²) in [5.74, 6) is -0.301. The molecule has 1 heterocycles. The number of nitrogen functional groups attached to an aromatic ring is 1. The van der Waals surface area contributed by atoms with Gasteiger partial charge in [0.25, 0.3) is 5.22 Å². The van der Waals surface area contributed by atoms with Crippen molar-refractivity contribution in [2.24, 2.45) is 0 Å². The van der Waals surface area contributed by atoms with Crippen molar-refractivity contribution in [3.05, 3.63) is 35.5 Å². The Morgan fingerprint density at radius 3 is 2.75 bits per heavy atom. The van der Waals surface area contributed by atoms with Crippen molar-refractivity contribution in [1.29, 1.82) is 0 Å². The molecule has 0 spiro atoms. The molecule has 0 saturated heterocycles. The van der Waals surface area contributed by atoms with Gasteiger partial charge in [-0.15, -0.1) is 0 Å². The molecule has 3 nitrogen and oxygen atoms in total. The van der Waals surface area contributed by atoms with E-state index in [1.807, 2.05) is 6.92 Å². The Balaban J connectivity index is 2.31. The summed E-state index contributed by atoms with van der Waals surface area (Å²) in [6.07, 6.45) is 1.56. The van der Waals surface area contributed by atoms with E-state index in [4.69, 9.17) is 10.2 Å². The normalized spacial score (nSPS) is 10.7. The quantitative estimate of drug-likeness (QED) is 0.816. The van der Waals surface area contributed by atoms with Crippen molar-refractivity contribution in [2.45, 2.75) is 24.0 Å². The van der Waals surface area contributed by atoms with Crippen molar-refractivity contribution in [2.75, 3.05) is 5.73 Å². The van der Waals surface area contributed by atoms with Crippen LogP contribution in [0.5, 0.6) is 0 Å².